The number of hydroxylamine groups is 2. The van der Waals surface area contributed by atoms with E-state index in [2.05, 4.69) is 0 Å². The zero-order chi connectivity index (χ0) is 36.2. The first kappa shape index (κ1) is 35.9. The number of carbonyl (C=O) groups excluding carboxylic acids is 2. The van der Waals surface area contributed by atoms with E-state index in [0.717, 1.165) is 11.3 Å². The Hall–Kier alpha value is -4.88. The van der Waals surface area contributed by atoms with Crippen LogP contribution in [0.5, 0.6) is 5.75 Å². The third kappa shape index (κ3) is 7.89. The van der Waals surface area contributed by atoms with Crippen molar-refractivity contribution in [1.82, 2.24) is 9.63 Å². The van der Waals surface area contributed by atoms with Gasteiger partial charge < -0.3 is 14.2 Å². The van der Waals surface area contributed by atoms with Crippen molar-refractivity contribution in [3.8, 4) is 5.75 Å². The number of rotatable bonds is 10. The molecular formula is C39H42N3O8S+. The van der Waals surface area contributed by atoms with Crippen molar-refractivity contribution in [2.45, 2.75) is 51.0 Å². The van der Waals surface area contributed by atoms with Crippen LogP contribution in [0.2, 0.25) is 0 Å². The Morgan fingerprint density at radius 2 is 1.43 bits per heavy atom. The second kappa shape index (κ2) is 14.8. The zero-order valence-corrected chi connectivity index (χ0v) is 30.0. The monoisotopic (exact) mass is 712 g/mol. The normalized spacial score (nSPS) is 14.7. The molecule has 0 saturated carbocycles. The van der Waals surface area contributed by atoms with Gasteiger partial charge in [0.1, 0.15) is 25.3 Å². The van der Waals surface area contributed by atoms with Crippen molar-refractivity contribution in [2.75, 3.05) is 37.2 Å². The van der Waals surface area contributed by atoms with Crippen LogP contribution in [0.1, 0.15) is 39.7 Å². The van der Waals surface area contributed by atoms with Gasteiger partial charge in [0, 0.05) is 29.3 Å². The molecule has 0 aliphatic carbocycles. The Morgan fingerprint density at radius 3 is 2.00 bits per heavy atom. The van der Waals surface area contributed by atoms with E-state index in [1.54, 1.807) is 93.6 Å². The van der Waals surface area contributed by atoms with Crippen LogP contribution >= 0.6 is 0 Å². The number of hydrogen-bond acceptors (Lipinski definition) is 9. The number of carbonyl (C=O) groups is 2. The predicted molar refractivity (Wildman–Crippen MR) is 196 cm³/mol. The summed E-state index contributed by atoms with van der Waals surface area (Å²) in [5.74, 6) is -0.150. The largest absolute Gasteiger partial charge is 0.460 e. The van der Waals surface area contributed by atoms with E-state index >= 15 is 0 Å². The quantitative estimate of drug-likeness (QED) is 0.0832. The van der Waals surface area contributed by atoms with Gasteiger partial charge in [-0.2, -0.15) is 9.14 Å². The molecule has 4 aromatic carbocycles. The number of aromatic nitrogens is 1. The minimum absolute atomic E-state index is 0.0864. The fourth-order valence-corrected chi connectivity index (χ4v) is 7.48. The molecule has 1 saturated heterocycles. The van der Waals surface area contributed by atoms with Crippen molar-refractivity contribution >= 4 is 55.3 Å². The predicted octanol–water partition coefficient (Wildman–Crippen LogP) is 7.35. The fourth-order valence-electron chi connectivity index (χ4n) is 6.16. The first-order valence-electron chi connectivity index (χ1n) is 17.0. The second-order valence-electron chi connectivity index (χ2n) is 13.2. The number of quaternary nitrogens is 1. The molecule has 1 amide bonds. The molecule has 6 rings (SSSR count). The molecule has 0 radical (unpaired) electrons. The number of pyridine rings is 1. The second-order valence-corrected chi connectivity index (χ2v) is 15.0. The van der Waals surface area contributed by atoms with Gasteiger partial charge in [-0.1, -0.05) is 36.4 Å². The van der Waals surface area contributed by atoms with E-state index in [4.69, 9.17) is 24.0 Å². The number of sulfonamides is 1. The van der Waals surface area contributed by atoms with Gasteiger partial charge in [-0.05, 0) is 88.2 Å². The lowest BCUT2D eigenvalue weighted by Gasteiger charge is -2.37. The van der Waals surface area contributed by atoms with Crippen molar-refractivity contribution in [3.05, 3.63) is 103 Å². The lowest BCUT2D eigenvalue weighted by Crippen LogP contribution is -2.56. The molecule has 12 heteroatoms. The molecule has 1 fully saturated rings. The number of para-hydroxylation sites is 2. The summed E-state index contributed by atoms with van der Waals surface area (Å²) >= 11 is 0. The molecule has 1 aliphatic heterocycles. The molecule has 2 heterocycles. The highest BCUT2D eigenvalue weighted by atomic mass is 32.2. The molecule has 0 bridgehead atoms. The number of esters is 1. The number of anilines is 1. The first-order valence-corrected chi connectivity index (χ1v) is 18.4. The Balaban J connectivity index is 1.37. The van der Waals surface area contributed by atoms with Crippen LogP contribution in [-0.2, 0) is 35.5 Å². The van der Waals surface area contributed by atoms with E-state index in [1.165, 1.54) is 12.1 Å². The minimum atomic E-state index is -4.52. The third-order valence-corrected chi connectivity index (χ3v) is 10.2. The summed E-state index contributed by atoms with van der Waals surface area (Å²) in [7, 11) is -4.52. The van der Waals surface area contributed by atoms with Gasteiger partial charge in [0.25, 0.3) is 10.0 Å². The summed E-state index contributed by atoms with van der Waals surface area (Å²) < 4.78 is 46.9. The molecule has 1 aliphatic rings. The van der Waals surface area contributed by atoms with Crippen LogP contribution in [0, 0.1) is 0 Å². The molecule has 51 heavy (non-hydrogen) atoms. The fraction of sp³-hybridized carbons (Fsp3) is 0.308. The summed E-state index contributed by atoms with van der Waals surface area (Å²) in [5, 5.41) is 1.11. The lowest BCUT2D eigenvalue weighted by atomic mass is 10.1. The summed E-state index contributed by atoms with van der Waals surface area (Å²) in [6.45, 7) is 9.98. The Morgan fingerprint density at radius 1 is 0.843 bits per heavy atom. The van der Waals surface area contributed by atoms with Gasteiger partial charge in [0.2, 0.25) is 0 Å². The number of benzene rings is 4. The van der Waals surface area contributed by atoms with E-state index < -0.39 is 21.7 Å². The molecule has 0 spiro atoms. The molecule has 1 aromatic heterocycles. The van der Waals surface area contributed by atoms with Gasteiger partial charge >= 0.3 is 12.1 Å². The van der Waals surface area contributed by atoms with Crippen LogP contribution in [0.4, 0.5) is 16.2 Å². The standard InChI is InChI=1S/C39H42N3O8S/c1-5-48-42(24-26-47-27-25-42)30-19-17-29(18-20-30)41(51(45,46)31-21-14-28(15-22-31)16-23-36(43)50-39(2,3)4)38(44)49-37-32-10-6-8-12-34(32)40-35-13-9-7-11-33(35)37/h6-15,17-22H,5,16,23-27H2,1-4H3/q+1. The van der Waals surface area contributed by atoms with Gasteiger partial charge in [0.05, 0.1) is 34.8 Å². The Kier molecular flexibility index (Phi) is 10.4. The average molecular weight is 713 g/mol. The van der Waals surface area contributed by atoms with E-state index in [0.29, 0.717) is 65.4 Å². The topological polar surface area (TPSA) is 121 Å². The summed E-state index contributed by atoms with van der Waals surface area (Å²) in [4.78, 5) is 37.4. The highest BCUT2D eigenvalue weighted by Crippen LogP contribution is 2.36. The molecule has 0 unspecified atom stereocenters. The molecule has 11 nitrogen and oxygen atoms in total. The smallest absolute Gasteiger partial charge is 0.434 e. The number of fused-ring (bicyclic) bond motifs is 2. The van der Waals surface area contributed by atoms with Crippen molar-refractivity contribution in [3.63, 3.8) is 0 Å². The Labute approximate surface area is 297 Å². The molecular weight excluding hydrogens is 671 g/mol. The number of amides is 1. The number of hydrogen-bond donors (Lipinski definition) is 0. The maximum atomic E-state index is 14.5. The molecule has 0 atom stereocenters. The van der Waals surface area contributed by atoms with Crippen LogP contribution in [0.3, 0.4) is 0 Å². The summed E-state index contributed by atoms with van der Waals surface area (Å²) in [6, 6.07) is 27.2. The van der Waals surface area contributed by atoms with Crippen molar-refractivity contribution in [2.24, 2.45) is 0 Å². The number of aryl methyl sites for hydroxylation is 1. The van der Waals surface area contributed by atoms with E-state index in [1.807, 2.05) is 19.1 Å². The maximum Gasteiger partial charge on any atom is 0.434 e. The van der Waals surface area contributed by atoms with Gasteiger partial charge in [0.15, 0.2) is 11.4 Å². The molecule has 5 aromatic rings. The maximum absolute atomic E-state index is 14.5. The molecule has 0 N–H and O–H groups in total. The van der Waals surface area contributed by atoms with E-state index in [-0.39, 0.29) is 33.4 Å². The highest BCUT2D eigenvalue weighted by molar-refractivity contribution is 7.93. The summed E-state index contributed by atoms with van der Waals surface area (Å²) in [5.41, 5.74) is 2.21. The van der Waals surface area contributed by atoms with Crippen LogP contribution in [-0.4, -0.2) is 64.0 Å². The van der Waals surface area contributed by atoms with E-state index in [9.17, 15) is 18.0 Å². The number of morpholine rings is 1. The van der Waals surface area contributed by atoms with Gasteiger partial charge in [-0.15, -0.1) is 4.65 Å². The van der Waals surface area contributed by atoms with Crippen molar-refractivity contribution < 1.29 is 37.1 Å². The number of ether oxygens (including phenoxy) is 3. The van der Waals surface area contributed by atoms with Crippen molar-refractivity contribution in [1.29, 1.82) is 0 Å². The van der Waals surface area contributed by atoms with Gasteiger partial charge in [-0.3, -0.25) is 4.79 Å². The third-order valence-electron chi connectivity index (χ3n) is 8.52. The Bertz CT molecular complexity index is 2080. The van der Waals surface area contributed by atoms with Crippen LogP contribution in [0.15, 0.2) is 102 Å². The minimum Gasteiger partial charge on any atom is -0.460 e. The lowest BCUT2D eigenvalue weighted by molar-refractivity contribution is -0.179. The summed E-state index contributed by atoms with van der Waals surface area (Å²) in [6.07, 6.45) is -0.621. The average Bonchev–Trinajstić information content (AvgIpc) is 3.11. The van der Waals surface area contributed by atoms with Crippen LogP contribution in [0.25, 0.3) is 21.8 Å². The SMILES string of the molecule is CCO[N+]1(c2ccc(N(C(=O)Oc3c4ccccc4nc4ccccc34)S(=O)(=O)c3ccc(CCC(=O)OC(C)(C)C)cc3)cc2)CCOCC1. The van der Waals surface area contributed by atoms with Gasteiger partial charge in [-0.25, -0.2) is 18.2 Å². The zero-order valence-electron chi connectivity index (χ0n) is 29.2. The molecule has 266 valence electrons. The highest BCUT2D eigenvalue weighted by Gasteiger charge is 2.38. The number of nitrogens with zero attached hydrogens (tertiary/aromatic N) is 3. The van der Waals surface area contributed by atoms with Crippen LogP contribution < -0.4 is 13.7 Å². The first-order chi connectivity index (χ1) is 24.4.